The normalized spacial score (nSPS) is 18.8. The summed E-state index contributed by atoms with van der Waals surface area (Å²) in [7, 11) is 0. The molecule has 5 rings (SSSR count). The van der Waals surface area contributed by atoms with Crippen LogP contribution in [0.2, 0.25) is 0 Å². The molecule has 3 heterocycles. The van der Waals surface area contributed by atoms with Gasteiger partial charge in [-0.1, -0.05) is 25.1 Å². The summed E-state index contributed by atoms with van der Waals surface area (Å²) in [6, 6.07) is 11.2. The number of hydrogen-bond acceptors (Lipinski definition) is 5. The number of aromatic amines is 1. The van der Waals surface area contributed by atoms with E-state index in [0.717, 1.165) is 49.2 Å². The van der Waals surface area contributed by atoms with Crippen LogP contribution in [0.1, 0.15) is 28.4 Å². The lowest BCUT2D eigenvalue weighted by atomic mass is 10.0. The summed E-state index contributed by atoms with van der Waals surface area (Å²) in [5.41, 5.74) is 3.12. The highest BCUT2D eigenvalue weighted by Crippen LogP contribution is 2.40. The number of ether oxygens (including phenoxy) is 1. The first-order chi connectivity index (χ1) is 14.6. The number of rotatable bonds is 4. The van der Waals surface area contributed by atoms with E-state index < -0.39 is 0 Å². The van der Waals surface area contributed by atoms with Gasteiger partial charge in [-0.2, -0.15) is 0 Å². The summed E-state index contributed by atoms with van der Waals surface area (Å²) >= 11 is 0. The van der Waals surface area contributed by atoms with E-state index in [1.54, 1.807) is 18.2 Å². The zero-order valence-corrected chi connectivity index (χ0v) is 17.0. The van der Waals surface area contributed by atoms with Crippen LogP contribution in [0.15, 0.2) is 48.4 Å². The first-order valence-corrected chi connectivity index (χ1v) is 10.4. The van der Waals surface area contributed by atoms with Crippen LogP contribution in [0.3, 0.4) is 0 Å². The maximum Gasteiger partial charge on any atom is 0.231 e. The molecule has 6 heteroatoms. The van der Waals surface area contributed by atoms with E-state index in [1.165, 1.54) is 0 Å². The molecule has 0 atom stereocenters. The molecule has 0 radical (unpaired) electrons. The van der Waals surface area contributed by atoms with Gasteiger partial charge in [-0.3, -0.25) is 9.69 Å². The zero-order valence-electron chi connectivity index (χ0n) is 17.0. The van der Waals surface area contributed by atoms with Crippen molar-refractivity contribution in [2.24, 2.45) is 0 Å². The molecule has 2 N–H and O–H groups in total. The van der Waals surface area contributed by atoms with E-state index in [-0.39, 0.29) is 17.3 Å². The molecule has 1 saturated heterocycles. The number of benzene rings is 2. The minimum Gasteiger partial charge on any atom is -0.507 e. The van der Waals surface area contributed by atoms with Crippen molar-refractivity contribution in [1.82, 2.24) is 14.8 Å². The van der Waals surface area contributed by atoms with Crippen molar-refractivity contribution in [1.29, 1.82) is 0 Å². The quantitative estimate of drug-likeness (QED) is 0.651. The Morgan fingerprint density at radius 2 is 1.87 bits per heavy atom. The standard InChI is InChI=1S/C24H25N3O3/c1-2-26-9-11-27(12-10-26)15-19-21(28)8-7-18-23(29)22(30-24(18)19)13-16-14-25-20-6-4-3-5-17(16)20/h3-8,13-14,25,28H,2,9-12,15H2,1H3/b22-13+. The summed E-state index contributed by atoms with van der Waals surface area (Å²) in [6.07, 6.45) is 3.66. The van der Waals surface area contributed by atoms with Gasteiger partial charge in [0.2, 0.25) is 5.78 Å². The molecule has 1 aromatic heterocycles. The number of aromatic nitrogens is 1. The van der Waals surface area contributed by atoms with E-state index in [9.17, 15) is 9.90 Å². The molecule has 2 aliphatic heterocycles. The number of Topliss-reactive ketones (excluding diaryl/α,β-unsaturated/α-hetero) is 1. The maximum atomic E-state index is 13.0. The van der Waals surface area contributed by atoms with Crippen LogP contribution < -0.4 is 4.74 Å². The van der Waals surface area contributed by atoms with Crippen LogP contribution >= 0.6 is 0 Å². The van der Waals surface area contributed by atoms with Crippen molar-refractivity contribution < 1.29 is 14.6 Å². The Morgan fingerprint density at radius 1 is 1.10 bits per heavy atom. The van der Waals surface area contributed by atoms with Gasteiger partial charge in [-0.25, -0.2) is 0 Å². The van der Waals surface area contributed by atoms with Crippen LogP contribution in [0.5, 0.6) is 11.5 Å². The third-order valence-electron chi connectivity index (χ3n) is 6.12. The van der Waals surface area contributed by atoms with Crippen molar-refractivity contribution in [3.8, 4) is 11.5 Å². The van der Waals surface area contributed by atoms with Gasteiger partial charge < -0.3 is 19.7 Å². The summed E-state index contributed by atoms with van der Waals surface area (Å²) in [6.45, 7) is 7.69. The fourth-order valence-electron chi connectivity index (χ4n) is 4.29. The lowest BCUT2D eigenvalue weighted by Gasteiger charge is -2.34. The van der Waals surface area contributed by atoms with Crippen molar-refractivity contribution in [2.45, 2.75) is 13.5 Å². The van der Waals surface area contributed by atoms with Gasteiger partial charge >= 0.3 is 0 Å². The molecule has 0 saturated carbocycles. The number of H-pyrrole nitrogens is 1. The molecule has 6 nitrogen and oxygen atoms in total. The molecule has 2 aliphatic rings. The number of aromatic hydroxyl groups is 1. The molecule has 0 aliphatic carbocycles. The number of carbonyl (C=O) groups excluding carboxylic acids is 1. The number of phenols is 1. The number of likely N-dealkylation sites (N-methyl/N-ethyl adjacent to an activating group) is 1. The fraction of sp³-hybridized carbons (Fsp3) is 0.292. The van der Waals surface area contributed by atoms with Gasteiger partial charge in [0.1, 0.15) is 11.5 Å². The minimum absolute atomic E-state index is 0.146. The van der Waals surface area contributed by atoms with Gasteiger partial charge in [0.15, 0.2) is 5.76 Å². The van der Waals surface area contributed by atoms with Gasteiger partial charge in [-0.15, -0.1) is 0 Å². The van der Waals surface area contributed by atoms with E-state index in [0.29, 0.717) is 23.4 Å². The number of para-hydroxylation sites is 1. The van der Waals surface area contributed by atoms with E-state index in [4.69, 9.17) is 4.74 Å². The molecule has 0 unspecified atom stereocenters. The molecule has 30 heavy (non-hydrogen) atoms. The van der Waals surface area contributed by atoms with E-state index in [1.807, 2.05) is 30.5 Å². The Kier molecular flexibility index (Phi) is 4.81. The molecular weight excluding hydrogens is 378 g/mol. The number of fused-ring (bicyclic) bond motifs is 2. The smallest absolute Gasteiger partial charge is 0.231 e. The average molecular weight is 403 g/mol. The molecule has 2 aromatic carbocycles. The van der Waals surface area contributed by atoms with Crippen LogP contribution in [0.4, 0.5) is 0 Å². The molecule has 0 amide bonds. The lowest BCUT2D eigenvalue weighted by Crippen LogP contribution is -2.45. The number of hydrogen-bond donors (Lipinski definition) is 2. The topological polar surface area (TPSA) is 68.8 Å². The number of allylic oxidation sites excluding steroid dienone is 1. The highest BCUT2D eigenvalue weighted by atomic mass is 16.5. The molecule has 154 valence electrons. The Bertz CT molecular complexity index is 1140. The Balaban J connectivity index is 1.44. The SMILES string of the molecule is CCN1CCN(Cc2c(O)ccc3c2O/C(=C/c2c[nH]c4ccccc24)C3=O)CC1. The second kappa shape index (κ2) is 7.63. The number of nitrogens with one attached hydrogen (secondary N) is 1. The second-order valence-corrected chi connectivity index (χ2v) is 7.88. The summed E-state index contributed by atoms with van der Waals surface area (Å²) < 4.78 is 6.04. The number of nitrogens with zero attached hydrogens (tertiary/aromatic N) is 2. The Labute approximate surface area is 175 Å². The third-order valence-corrected chi connectivity index (χ3v) is 6.12. The van der Waals surface area contributed by atoms with Crippen LogP contribution in [0, 0.1) is 0 Å². The zero-order chi connectivity index (χ0) is 20.7. The average Bonchev–Trinajstić information content (AvgIpc) is 3.32. The van der Waals surface area contributed by atoms with Gasteiger partial charge in [0, 0.05) is 55.4 Å². The van der Waals surface area contributed by atoms with Crippen molar-refractivity contribution >= 4 is 22.8 Å². The molecular formula is C24H25N3O3. The van der Waals surface area contributed by atoms with Crippen molar-refractivity contribution in [2.75, 3.05) is 32.7 Å². The summed E-state index contributed by atoms with van der Waals surface area (Å²) in [5.74, 6) is 0.807. The van der Waals surface area contributed by atoms with Crippen molar-refractivity contribution in [3.63, 3.8) is 0 Å². The summed E-state index contributed by atoms with van der Waals surface area (Å²) in [4.78, 5) is 20.9. The third kappa shape index (κ3) is 3.28. The largest absolute Gasteiger partial charge is 0.507 e. The lowest BCUT2D eigenvalue weighted by molar-refractivity contribution is 0.101. The van der Waals surface area contributed by atoms with E-state index in [2.05, 4.69) is 21.7 Å². The minimum atomic E-state index is -0.146. The van der Waals surface area contributed by atoms with Gasteiger partial charge in [0.25, 0.3) is 0 Å². The first-order valence-electron chi connectivity index (χ1n) is 10.4. The van der Waals surface area contributed by atoms with Crippen LogP contribution in [-0.4, -0.2) is 58.4 Å². The number of ketones is 1. The van der Waals surface area contributed by atoms with E-state index >= 15 is 0 Å². The van der Waals surface area contributed by atoms with Crippen LogP contribution in [0.25, 0.3) is 17.0 Å². The summed E-state index contributed by atoms with van der Waals surface area (Å²) in [5, 5.41) is 11.6. The molecule has 1 fully saturated rings. The first kappa shape index (κ1) is 18.9. The maximum absolute atomic E-state index is 13.0. The fourth-order valence-corrected chi connectivity index (χ4v) is 4.29. The highest BCUT2D eigenvalue weighted by molar-refractivity contribution is 6.15. The number of phenolic OH excluding ortho intramolecular Hbond substituents is 1. The monoisotopic (exact) mass is 403 g/mol. The molecule has 0 bridgehead atoms. The highest BCUT2D eigenvalue weighted by Gasteiger charge is 2.32. The predicted octanol–water partition coefficient (Wildman–Crippen LogP) is 3.63. The van der Waals surface area contributed by atoms with Crippen molar-refractivity contribution in [3.05, 3.63) is 65.0 Å². The number of carbonyl (C=O) groups is 1. The van der Waals surface area contributed by atoms with Gasteiger partial charge in [-0.05, 0) is 30.8 Å². The Morgan fingerprint density at radius 3 is 2.67 bits per heavy atom. The van der Waals surface area contributed by atoms with Crippen LogP contribution in [-0.2, 0) is 6.54 Å². The molecule has 3 aromatic rings. The Hall–Kier alpha value is -3.09. The number of piperazine rings is 1. The predicted molar refractivity (Wildman–Crippen MR) is 117 cm³/mol. The second-order valence-electron chi connectivity index (χ2n) is 7.88. The van der Waals surface area contributed by atoms with Gasteiger partial charge in [0.05, 0.1) is 11.1 Å². The molecule has 0 spiro atoms.